The molecule has 1 aliphatic heterocycles. The number of ether oxygens (including phenoxy) is 2. The van der Waals surface area contributed by atoms with Gasteiger partial charge in [-0.2, -0.15) is 0 Å². The molecule has 0 aromatic heterocycles. The molecule has 1 atom stereocenters. The number of para-hydroxylation sites is 2. The maximum absolute atomic E-state index is 12.9. The highest BCUT2D eigenvalue weighted by Crippen LogP contribution is 2.33. The first-order valence-electron chi connectivity index (χ1n) is 8.65. The summed E-state index contributed by atoms with van der Waals surface area (Å²) in [7, 11) is 1.48. The monoisotopic (exact) mass is 386 g/mol. The van der Waals surface area contributed by atoms with Crippen LogP contribution >= 0.6 is 0 Å². The van der Waals surface area contributed by atoms with Crippen LogP contribution in [0.3, 0.4) is 0 Å². The van der Waals surface area contributed by atoms with Crippen LogP contribution in [0.2, 0.25) is 0 Å². The average molecular weight is 386 g/mol. The van der Waals surface area contributed by atoms with Crippen molar-refractivity contribution in [3.63, 3.8) is 0 Å². The van der Waals surface area contributed by atoms with Crippen molar-refractivity contribution in [2.75, 3.05) is 25.1 Å². The summed E-state index contributed by atoms with van der Waals surface area (Å²) >= 11 is 0. The Bertz CT molecular complexity index is 884. The highest BCUT2D eigenvalue weighted by atomic mass is 19.1. The standard InChI is InChI=1S/C20H19FN2O5/c1-22-20(26)17-11-23(15-4-2-3-5-16(15)28-17)18(24)12-27-19(25)10-13-6-8-14(21)9-7-13/h2-9,17H,10-12H2,1H3,(H,22,26). The average Bonchev–Trinajstić information content (AvgIpc) is 2.72. The van der Waals surface area contributed by atoms with Gasteiger partial charge in [0.15, 0.2) is 12.7 Å². The van der Waals surface area contributed by atoms with Crippen LogP contribution in [0.4, 0.5) is 10.1 Å². The van der Waals surface area contributed by atoms with Crippen LogP contribution in [-0.4, -0.2) is 44.1 Å². The molecular weight excluding hydrogens is 367 g/mol. The van der Waals surface area contributed by atoms with Crippen molar-refractivity contribution in [3.05, 3.63) is 59.9 Å². The number of nitrogens with zero attached hydrogens (tertiary/aromatic N) is 1. The first-order valence-corrected chi connectivity index (χ1v) is 8.65. The molecule has 2 amide bonds. The number of fused-ring (bicyclic) bond motifs is 1. The molecule has 1 heterocycles. The number of carbonyl (C=O) groups excluding carboxylic acids is 3. The lowest BCUT2D eigenvalue weighted by Crippen LogP contribution is -2.51. The highest BCUT2D eigenvalue weighted by Gasteiger charge is 2.33. The van der Waals surface area contributed by atoms with Crippen molar-refractivity contribution in [3.8, 4) is 5.75 Å². The summed E-state index contributed by atoms with van der Waals surface area (Å²) in [6.45, 7) is -0.472. The van der Waals surface area contributed by atoms with Crippen LogP contribution in [0.15, 0.2) is 48.5 Å². The minimum Gasteiger partial charge on any atom is -0.477 e. The summed E-state index contributed by atoms with van der Waals surface area (Å²) in [5.74, 6) is -1.45. The van der Waals surface area contributed by atoms with E-state index >= 15 is 0 Å². The Morgan fingerprint density at radius 3 is 2.61 bits per heavy atom. The molecule has 0 radical (unpaired) electrons. The minimum atomic E-state index is -0.862. The lowest BCUT2D eigenvalue weighted by molar-refractivity contribution is -0.147. The Morgan fingerprint density at radius 1 is 1.18 bits per heavy atom. The number of hydrogen-bond acceptors (Lipinski definition) is 5. The number of benzene rings is 2. The smallest absolute Gasteiger partial charge is 0.310 e. The number of anilines is 1. The first-order chi connectivity index (χ1) is 13.5. The number of likely N-dealkylation sites (N-methyl/N-ethyl adjacent to an activating group) is 1. The Balaban J connectivity index is 1.64. The van der Waals surface area contributed by atoms with Gasteiger partial charge in [0.2, 0.25) is 0 Å². The van der Waals surface area contributed by atoms with E-state index < -0.39 is 30.4 Å². The fourth-order valence-electron chi connectivity index (χ4n) is 2.81. The van der Waals surface area contributed by atoms with Gasteiger partial charge in [-0.1, -0.05) is 24.3 Å². The SMILES string of the molecule is CNC(=O)C1CN(C(=O)COC(=O)Cc2ccc(F)cc2)c2ccccc2O1. The predicted octanol–water partition coefficient (Wildman–Crippen LogP) is 1.45. The second-order valence-electron chi connectivity index (χ2n) is 6.16. The Morgan fingerprint density at radius 2 is 1.89 bits per heavy atom. The molecule has 1 unspecified atom stereocenters. The van der Waals surface area contributed by atoms with Crippen LogP contribution in [0.1, 0.15) is 5.56 Å². The molecule has 7 nitrogen and oxygen atoms in total. The number of amides is 2. The van der Waals surface area contributed by atoms with Crippen molar-refractivity contribution in [1.82, 2.24) is 5.32 Å². The number of halogens is 1. The van der Waals surface area contributed by atoms with Crippen LogP contribution in [0, 0.1) is 5.82 Å². The zero-order chi connectivity index (χ0) is 20.1. The minimum absolute atomic E-state index is 0.00499. The molecule has 2 aromatic carbocycles. The van der Waals surface area contributed by atoms with Gasteiger partial charge in [-0.15, -0.1) is 0 Å². The van der Waals surface area contributed by atoms with Crippen LogP contribution in [0.5, 0.6) is 5.75 Å². The van der Waals surface area contributed by atoms with Crippen molar-refractivity contribution in [2.45, 2.75) is 12.5 Å². The maximum atomic E-state index is 12.9. The van der Waals surface area contributed by atoms with E-state index in [9.17, 15) is 18.8 Å². The van der Waals surface area contributed by atoms with Crippen LogP contribution < -0.4 is 15.0 Å². The van der Waals surface area contributed by atoms with Gasteiger partial charge in [-0.05, 0) is 29.8 Å². The molecule has 0 bridgehead atoms. The third-order valence-corrected chi connectivity index (χ3v) is 4.23. The summed E-state index contributed by atoms with van der Waals surface area (Å²) in [5.41, 5.74) is 1.08. The summed E-state index contributed by atoms with van der Waals surface area (Å²) in [6, 6.07) is 12.3. The fraction of sp³-hybridized carbons (Fsp3) is 0.250. The van der Waals surface area contributed by atoms with E-state index in [1.807, 2.05) is 0 Å². The van der Waals surface area contributed by atoms with E-state index in [-0.39, 0.29) is 18.9 Å². The molecule has 0 aliphatic carbocycles. The number of nitrogens with one attached hydrogen (secondary N) is 1. The van der Waals surface area contributed by atoms with Crippen molar-refractivity contribution in [2.24, 2.45) is 0 Å². The lowest BCUT2D eigenvalue weighted by Gasteiger charge is -2.33. The lowest BCUT2D eigenvalue weighted by atomic mass is 10.1. The van der Waals surface area contributed by atoms with Crippen molar-refractivity contribution < 1.29 is 28.2 Å². The van der Waals surface area contributed by atoms with Gasteiger partial charge in [-0.3, -0.25) is 14.4 Å². The molecule has 0 saturated heterocycles. The molecule has 0 spiro atoms. The van der Waals surface area contributed by atoms with E-state index in [1.165, 1.54) is 36.2 Å². The molecule has 1 aliphatic rings. The topological polar surface area (TPSA) is 84.9 Å². The van der Waals surface area contributed by atoms with Gasteiger partial charge in [0.25, 0.3) is 11.8 Å². The van der Waals surface area contributed by atoms with Gasteiger partial charge in [0, 0.05) is 7.05 Å². The molecule has 28 heavy (non-hydrogen) atoms. The number of hydrogen-bond donors (Lipinski definition) is 1. The van der Waals surface area contributed by atoms with Gasteiger partial charge >= 0.3 is 5.97 Å². The van der Waals surface area contributed by atoms with E-state index in [1.54, 1.807) is 24.3 Å². The van der Waals surface area contributed by atoms with Gasteiger partial charge in [0.05, 0.1) is 18.7 Å². The number of esters is 1. The van der Waals surface area contributed by atoms with Crippen LogP contribution in [0.25, 0.3) is 0 Å². The molecule has 0 fully saturated rings. The Hall–Kier alpha value is -3.42. The fourth-order valence-corrected chi connectivity index (χ4v) is 2.81. The largest absolute Gasteiger partial charge is 0.477 e. The summed E-state index contributed by atoms with van der Waals surface area (Å²) in [5, 5.41) is 2.49. The highest BCUT2D eigenvalue weighted by molar-refractivity contribution is 5.98. The van der Waals surface area contributed by atoms with Crippen molar-refractivity contribution in [1.29, 1.82) is 0 Å². The molecule has 3 rings (SSSR count). The number of carbonyl (C=O) groups is 3. The maximum Gasteiger partial charge on any atom is 0.310 e. The van der Waals surface area contributed by atoms with Crippen molar-refractivity contribution >= 4 is 23.5 Å². The molecule has 146 valence electrons. The third-order valence-electron chi connectivity index (χ3n) is 4.23. The second kappa shape index (κ2) is 8.51. The van der Waals surface area contributed by atoms with Crippen LogP contribution in [-0.2, 0) is 25.5 Å². The second-order valence-corrected chi connectivity index (χ2v) is 6.16. The van der Waals surface area contributed by atoms with E-state index in [2.05, 4.69) is 5.32 Å². The summed E-state index contributed by atoms with van der Waals surface area (Å²) < 4.78 is 23.6. The Kier molecular flexibility index (Phi) is 5.88. The quantitative estimate of drug-likeness (QED) is 0.787. The first kappa shape index (κ1) is 19.3. The number of rotatable bonds is 5. The normalized spacial score (nSPS) is 15.2. The zero-order valence-electron chi connectivity index (χ0n) is 15.2. The molecule has 0 saturated carbocycles. The van der Waals surface area contributed by atoms with E-state index in [0.717, 1.165) is 0 Å². The van der Waals surface area contributed by atoms with Gasteiger partial charge in [-0.25, -0.2) is 4.39 Å². The molecule has 8 heteroatoms. The molecule has 2 aromatic rings. The van der Waals surface area contributed by atoms with E-state index in [0.29, 0.717) is 17.0 Å². The predicted molar refractivity (Wildman–Crippen MR) is 98.3 cm³/mol. The molecule has 1 N–H and O–H groups in total. The van der Waals surface area contributed by atoms with Gasteiger partial charge < -0.3 is 19.7 Å². The Labute approximate surface area is 161 Å². The van der Waals surface area contributed by atoms with Gasteiger partial charge in [0.1, 0.15) is 11.6 Å². The zero-order valence-corrected chi connectivity index (χ0v) is 15.2. The molecular formula is C20H19FN2O5. The summed E-state index contributed by atoms with van der Waals surface area (Å²) in [4.78, 5) is 37.9. The van der Waals surface area contributed by atoms with E-state index in [4.69, 9.17) is 9.47 Å². The summed E-state index contributed by atoms with van der Waals surface area (Å²) in [6.07, 6.45) is -0.938. The third kappa shape index (κ3) is 4.46.